The molecule has 2 heterocycles. The number of unbranched alkanes of at least 4 members (excludes halogenated alkanes) is 2. The van der Waals surface area contributed by atoms with Gasteiger partial charge in [-0.05, 0) is 57.2 Å². The second kappa shape index (κ2) is 11.7. The third kappa shape index (κ3) is 6.05. The predicted octanol–water partition coefficient (Wildman–Crippen LogP) is 3.36. The lowest BCUT2D eigenvalue weighted by Gasteiger charge is -2.28. The van der Waals surface area contributed by atoms with E-state index in [4.69, 9.17) is 9.47 Å². The van der Waals surface area contributed by atoms with E-state index in [-0.39, 0.29) is 28.8 Å². The van der Waals surface area contributed by atoms with Crippen LogP contribution in [0.5, 0.6) is 0 Å². The first kappa shape index (κ1) is 24.6. The number of methoxy groups -OCH3 is 1. The van der Waals surface area contributed by atoms with Crippen molar-refractivity contribution in [2.75, 3.05) is 33.4 Å². The largest absolute Gasteiger partial charge is 0.492 e. The number of hydrogen-bond donors (Lipinski definition) is 0. The predicted molar refractivity (Wildman–Crippen MR) is 124 cm³/mol. The molecule has 7 nitrogen and oxygen atoms in total. The minimum atomic E-state index is -0.351. The molecule has 1 aliphatic carbocycles. The number of nitrogens with zero attached hydrogens (tertiary/aromatic N) is 2. The standard InChI is InChI=1S/C26H32N2O5/c1-18-22(24(30)25(32-3)19(2)23(18)29)16-21(26(31)28-12-14-33-15-13-28)10-6-4-5-8-20-9-7-11-27-17-20/h7,9,11,16-17H,4-6,8,10,12-15H2,1-3H3/b21-16+. The summed E-state index contributed by atoms with van der Waals surface area (Å²) in [6.45, 7) is 5.25. The summed E-state index contributed by atoms with van der Waals surface area (Å²) >= 11 is 0. The minimum absolute atomic E-state index is 0.0477. The molecule has 0 atom stereocenters. The van der Waals surface area contributed by atoms with Crippen molar-refractivity contribution in [1.29, 1.82) is 0 Å². The Kier molecular flexibility index (Phi) is 8.72. The Morgan fingerprint density at radius 1 is 1.12 bits per heavy atom. The first-order valence-corrected chi connectivity index (χ1v) is 11.5. The van der Waals surface area contributed by atoms with Gasteiger partial charge in [-0.2, -0.15) is 0 Å². The van der Waals surface area contributed by atoms with Gasteiger partial charge in [0.15, 0.2) is 11.5 Å². The zero-order chi connectivity index (χ0) is 23.8. The summed E-state index contributed by atoms with van der Waals surface area (Å²) in [7, 11) is 1.38. The van der Waals surface area contributed by atoms with E-state index in [1.807, 2.05) is 12.3 Å². The van der Waals surface area contributed by atoms with Gasteiger partial charge < -0.3 is 14.4 Å². The zero-order valence-electron chi connectivity index (χ0n) is 19.7. The maximum atomic E-state index is 13.3. The summed E-state index contributed by atoms with van der Waals surface area (Å²) in [5, 5.41) is 0. The molecule has 0 radical (unpaired) electrons. The number of carbonyl (C=O) groups excluding carboxylic acids is 3. The fourth-order valence-electron chi connectivity index (χ4n) is 4.14. The van der Waals surface area contributed by atoms with E-state index < -0.39 is 0 Å². The Balaban J connectivity index is 1.76. The van der Waals surface area contributed by atoms with Crippen LogP contribution in [0.2, 0.25) is 0 Å². The summed E-state index contributed by atoms with van der Waals surface area (Å²) in [5.74, 6) is -0.633. The maximum Gasteiger partial charge on any atom is 0.249 e. The Labute approximate surface area is 195 Å². The number of ether oxygens (including phenoxy) is 2. The average Bonchev–Trinajstić information content (AvgIpc) is 2.85. The van der Waals surface area contributed by atoms with Gasteiger partial charge in [-0.15, -0.1) is 0 Å². The molecule has 3 rings (SSSR count). The molecule has 2 aliphatic rings. The van der Waals surface area contributed by atoms with Crippen molar-refractivity contribution >= 4 is 17.5 Å². The number of carbonyl (C=O) groups is 3. The van der Waals surface area contributed by atoms with E-state index in [1.54, 1.807) is 31.0 Å². The van der Waals surface area contributed by atoms with E-state index >= 15 is 0 Å². The van der Waals surface area contributed by atoms with Crippen LogP contribution in [0, 0.1) is 0 Å². The van der Waals surface area contributed by atoms with Gasteiger partial charge in [0.1, 0.15) is 0 Å². The average molecular weight is 453 g/mol. The molecule has 33 heavy (non-hydrogen) atoms. The summed E-state index contributed by atoms with van der Waals surface area (Å²) in [6.07, 6.45) is 9.45. The third-order valence-corrected chi connectivity index (χ3v) is 6.11. The highest BCUT2D eigenvalue weighted by Gasteiger charge is 2.31. The molecule has 0 N–H and O–H groups in total. The van der Waals surface area contributed by atoms with Crippen LogP contribution in [-0.2, 0) is 30.3 Å². The normalized spacial score (nSPS) is 17.7. The molecule has 176 valence electrons. The SMILES string of the molecule is COC1=C(C)C(=O)C(C)=C(/C=C(\CCCCCc2cccnc2)C(=O)N2CCOCC2)C1=O. The smallest absolute Gasteiger partial charge is 0.249 e. The number of aromatic nitrogens is 1. The molecule has 0 saturated carbocycles. The molecular formula is C26H32N2O5. The highest BCUT2D eigenvalue weighted by molar-refractivity contribution is 6.25. The van der Waals surface area contributed by atoms with Crippen LogP contribution in [0.4, 0.5) is 0 Å². The second-order valence-electron chi connectivity index (χ2n) is 8.35. The van der Waals surface area contributed by atoms with Crippen LogP contribution in [0.3, 0.4) is 0 Å². The van der Waals surface area contributed by atoms with Gasteiger partial charge in [0.25, 0.3) is 0 Å². The second-order valence-corrected chi connectivity index (χ2v) is 8.35. The highest BCUT2D eigenvalue weighted by atomic mass is 16.5. The quantitative estimate of drug-likeness (QED) is 0.324. The Morgan fingerprint density at radius 3 is 2.55 bits per heavy atom. The van der Waals surface area contributed by atoms with E-state index in [2.05, 4.69) is 11.1 Å². The van der Waals surface area contributed by atoms with Gasteiger partial charge in [-0.1, -0.05) is 12.5 Å². The monoisotopic (exact) mass is 452 g/mol. The van der Waals surface area contributed by atoms with Crippen molar-refractivity contribution in [3.8, 4) is 0 Å². The Bertz CT molecular complexity index is 985. The molecule has 1 aromatic rings. The van der Waals surface area contributed by atoms with Crippen molar-refractivity contribution in [2.24, 2.45) is 0 Å². The molecule has 7 heteroatoms. The summed E-state index contributed by atoms with van der Waals surface area (Å²) in [5.41, 5.74) is 2.63. The molecular weight excluding hydrogens is 420 g/mol. The van der Waals surface area contributed by atoms with Crippen molar-refractivity contribution < 1.29 is 23.9 Å². The van der Waals surface area contributed by atoms with Crippen molar-refractivity contribution in [1.82, 2.24) is 9.88 Å². The molecule has 0 aromatic carbocycles. The molecule has 0 unspecified atom stereocenters. The van der Waals surface area contributed by atoms with Crippen LogP contribution in [-0.4, -0.2) is 60.8 Å². The molecule has 1 aromatic heterocycles. The number of amides is 1. The van der Waals surface area contributed by atoms with E-state index in [9.17, 15) is 14.4 Å². The van der Waals surface area contributed by atoms with E-state index in [0.29, 0.717) is 49.4 Å². The summed E-state index contributed by atoms with van der Waals surface area (Å²) in [6, 6.07) is 3.99. The zero-order valence-corrected chi connectivity index (χ0v) is 19.7. The van der Waals surface area contributed by atoms with Crippen LogP contribution in [0.25, 0.3) is 0 Å². The molecule has 1 saturated heterocycles. The number of ketones is 2. The van der Waals surface area contributed by atoms with Gasteiger partial charge >= 0.3 is 0 Å². The van der Waals surface area contributed by atoms with Gasteiger partial charge in [0, 0.05) is 47.8 Å². The molecule has 0 bridgehead atoms. The van der Waals surface area contributed by atoms with Gasteiger partial charge in [0.05, 0.1) is 20.3 Å². The van der Waals surface area contributed by atoms with Crippen molar-refractivity contribution in [3.63, 3.8) is 0 Å². The lowest BCUT2D eigenvalue weighted by atomic mass is 9.87. The van der Waals surface area contributed by atoms with Crippen LogP contribution >= 0.6 is 0 Å². The van der Waals surface area contributed by atoms with Gasteiger partial charge in [0.2, 0.25) is 11.7 Å². The maximum absolute atomic E-state index is 13.3. The highest BCUT2D eigenvalue weighted by Crippen LogP contribution is 2.28. The minimum Gasteiger partial charge on any atom is -0.492 e. The van der Waals surface area contributed by atoms with E-state index in [0.717, 1.165) is 25.7 Å². The topological polar surface area (TPSA) is 85.8 Å². The number of rotatable bonds is 9. The Morgan fingerprint density at radius 2 is 1.88 bits per heavy atom. The lowest BCUT2D eigenvalue weighted by molar-refractivity contribution is -0.131. The van der Waals surface area contributed by atoms with Crippen LogP contribution in [0.15, 0.2) is 58.7 Å². The molecule has 1 aliphatic heterocycles. The molecule has 1 fully saturated rings. The number of allylic oxidation sites excluding steroid dienone is 4. The number of Topliss-reactive ketones (excluding diaryl/α,β-unsaturated/α-hetero) is 2. The van der Waals surface area contributed by atoms with Crippen LogP contribution < -0.4 is 0 Å². The van der Waals surface area contributed by atoms with Crippen LogP contribution in [0.1, 0.15) is 45.1 Å². The number of pyridine rings is 1. The summed E-state index contributed by atoms with van der Waals surface area (Å²) in [4.78, 5) is 44.8. The third-order valence-electron chi connectivity index (χ3n) is 6.11. The van der Waals surface area contributed by atoms with Crippen molar-refractivity contribution in [2.45, 2.75) is 46.0 Å². The van der Waals surface area contributed by atoms with Gasteiger partial charge in [-0.25, -0.2) is 0 Å². The van der Waals surface area contributed by atoms with E-state index in [1.165, 1.54) is 12.7 Å². The summed E-state index contributed by atoms with van der Waals surface area (Å²) < 4.78 is 10.6. The lowest BCUT2D eigenvalue weighted by Crippen LogP contribution is -2.41. The number of aryl methyl sites for hydroxylation is 1. The van der Waals surface area contributed by atoms with Crippen molar-refractivity contribution in [3.05, 3.63) is 64.2 Å². The molecule has 1 amide bonds. The number of hydrogen-bond acceptors (Lipinski definition) is 6. The number of morpholine rings is 1. The molecule has 0 spiro atoms. The fourth-order valence-corrected chi connectivity index (χ4v) is 4.14. The Hall–Kier alpha value is -3.06. The van der Waals surface area contributed by atoms with Gasteiger partial charge in [-0.3, -0.25) is 19.4 Å². The first-order valence-electron chi connectivity index (χ1n) is 11.5. The fraction of sp³-hybridized carbons (Fsp3) is 0.462. The first-order chi connectivity index (χ1) is 15.9.